The second-order valence-corrected chi connectivity index (χ2v) is 8.64. The Morgan fingerprint density at radius 1 is 1.12 bits per heavy atom. The molecule has 2 aliphatic heterocycles. The molecular formula is C24H33ClN4O4. The number of rotatable bonds is 11. The number of hydrogen-bond donors (Lipinski definition) is 1. The maximum Gasteiger partial charge on any atom is 0.276 e. The van der Waals surface area contributed by atoms with Gasteiger partial charge in [-0.15, -0.1) is 0 Å². The van der Waals surface area contributed by atoms with Crippen LogP contribution < -0.4 is 20.9 Å². The van der Waals surface area contributed by atoms with Crippen LogP contribution in [-0.2, 0) is 16.0 Å². The van der Waals surface area contributed by atoms with Crippen LogP contribution in [0, 0.1) is 0 Å². The summed E-state index contributed by atoms with van der Waals surface area (Å²) in [4.78, 5) is 17.9. The van der Waals surface area contributed by atoms with Crippen molar-refractivity contribution in [2.75, 3.05) is 65.8 Å². The quantitative estimate of drug-likeness (QED) is 0.485. The minimum Gasteiger partial charge on any atom is -0.487 e. The van der Waals surface area contributed by atoms with Gasteiger partial charge in [-0.05, 0) is 43.7 Å². The molecular weight excluding hydrogens is 444 g/mol. The number of aromatic nitrogens is 2. The zero-order valence-electron chi connectivity index (χ0n) is 19.2. The molecule has 2 aromatic rings. The lowest BCUT2D eigenvalue weighted by atomic mass is 10.2. The van der Waals surface area contributed by atoms with Crippen LogP contribution in [0.1, 0.15) is 13.3 Å². The number of nitrogens with one attached hydrogen (secondary N) is 1. The zero-order valence-corrected chi connectivity index (χ0v) is 20.0. The van der Waals surface area contributed by atoms with Crippen molar-refractivity contribution in [2.45, 2.75) is 19.9 Å². The van der Waals surface area contributed by atoms with E-state index in [2.05, 4.69) is 21.0 Å². The van der Waals surface area contributed by atoms with Gasteiger partial charge in [0.25, 0.3) is 5.56 Å². The standard InChI is InChI=1S/C24H33ClN4O4/c1-2-31-15-3-9-28-10-8-21-23(22(28)18-33-20-6-4-19(25)5-7-20)24(30)29(26-21)12-11-27-13-16-32-17-14-27/h4-8,26H,2-3,9-18H2,1H3. The molecule has 180 valence electrons. The van der Waals surface area contributed by atoms with Gasteiger partial charge in [0.1, 0.15) is 12.4 Å². The van der Waals surface area contributed by atoms with Crippen molar-refractivity contribution in [3.8, 4) is 5.75 Å². The lowest BCUT2D eigenvalue weighted by Gasteiger charge is -2.27. The van der Waals surface area contributed by atoms with Gasteiger partial charge in [-0.2, -0.15) is 0 Å². The third-order valence-corrected chi connectivity index (χ3v) is 6.28. The van der Waals surface area contributed by atoms with Crippen LogP contribution in [-0.4, -0.2) is 85.3 Å². The Labute approximate surface area is 199 Å². The van der Waals surface area contributed by atoms with Crippen molar-refractivity contribution in [2.24, 2.45) is 0 Å². The van der Waals surface area contributed by atoms with E-state index in [1.807, 2.05) is 19.1 Å². The summed E-state index contributed by atoms with van der Waals surface area (Å²) in [5, 5.41) is 5.56. The number of fused-ring (bicyclic) bond motifs is 1. The van der Waals surface area contributed by atoms with E-state index in [0.29, 0.717) is 36.6 Å². The van der Waals surface area contributed by atoms with Crippen molar-refractivity contribution in [3.05, 3.63) is 50.2 Å². The Kier molecular flexibility index (Phi) is 8.50. The van der Waals surface area contributed by atoms with Gasteiger partial charge in [0, 0.05) is 51.0 Å². The van der Waals surface area contributed by atoms with Gasteiger partial charge in [-0.25, -0.2) is 0 Å². The summed E-state index contributed by atoms with van der Waals surface area (Å²) in [6.07, 6.45) is 2.98. The highest BCUT2D eigenvalue weighted by molar-refractivity contribution is 6.30. The first-order valence-electron chi connectivity index (χ1n) is 11.7. The van der Waals surface area contributed by atoms with Crippen LogP contribution >= 0.6 is 11.6 Å². The number of nitrogens with zero attached hydrogens (tertiary/aromatic N) is 3. The fourth-order valence-electron chi connectivity index (χ4n) is 4.20. The number of benzene rings is 1. The Balaban J connectivity index is 1.57. The smallest absolute Gasteiger partial charge is 0.276 e. The first-order chi connectivity index (χ1) is 16.2. The zero-order chi connectivity index (χ0) is 23.0. The fourth-order valence-corrected chi connectivity index (χ4v) is 4.32. The number of ether oxygens (including phenoxy) is 3. The second-order valence-electron chi connectivity index (χ2n) is 8.20. The Hall–Kier alpha value is -2.26. The van der Waals surface area contributed by atoms with Gasteiger partial charge in [0.15, 0.2) is 0 Å². The third kappa shape index (κ3) is 6.20. The predicted octanol–water partition coefficient (Wildman–Crippen LogP) is 0.872. The monoisotopic (exact) mass is 476 g/mol. The van der Waals surface area contributed by atoms with Gasteiger partial charge >= 0.3 is 0 Å². The van der Waals surface area contributed by atoms with Crippen molar-refractivity contribution in [1.82, 2.24) is 19.6 Å². The molecule has 0 radical (unpaired) electrons. The lowest BCUT2D eigenvalue weighted by Crippen LogP contribution is -2.47. The van der Waals surface area contributed by atoms with Crippen LogP contribution in [0.3, 0.4) is 0 Å². The van der Waals surface area contributed by atoms with E-state index in [1.165, 1.54) is 0 Å². The molecule has 3 heterocycles. The molecule has 0 bridgehead atoms. The van der Waals surface area contributed by atoms with Crippen molar-refractivity contribution in [1.29, 1.82) is 0 Å². The minimum atomic E-state index is -0.00118. The summed E-state index contributed by atoms with van der Waals surface area (Å²) in [6, 6.07) is 7.29. The highest BCUT2D eigenvalue weighted by Gasteiger charge is 2.20. The lowest BCUT2D eigenvalue weighted by molar-refractivity contribution is 0.0358. The average molecular weight is 477 g/mol. The van der Waals surface area contributed by atoms with Gasteiger partial charge in [-0.1, -0.05) is 11.6 Å². The summed E-state index contributed by atoms with van der Waals surface area (Å²) in [7, 11) is 0. The van der Waals surface area contributed by atoms with Crippen molar-refractivity contribution in [3.63, 3.8) is 0 Å². The molecule has 1 fully saturated rings. The van der Waals surface area contributed by atoms with E-state index in [-0.39, 0.29) is 5.56 Å². The largest absolute Gasteiger partial charge is 0.487 e. The summed E-state index contributed by atoms with van der Waals surface area (Å²) in [5.41, 5.74) is 0.907. The fraction of sp³-hybridized carbons (Fsp3) is 0.542. The molecule has 0 spiro atoms. The summed E-state index contributed by atoms with van der Waals surface area (Å²) in [5.74, 6) is 0.723. The molecule has 0 atom stereocenters. The molecule has 1 saturated heterocycles. The third-order valence-electron chi connectivity index (χ3n) is 6.02. The summed E-state index contributed by atoms with van der Waals surface area (Å²) in [6.45, 7) is 9.98. The van der Waals surface area contributed by atoms with Crippen LogP contribution in [0.2, 0.25) is 5.02 Å². The number of halogens is 1. The highest BCUT2D eigenvalue weighted by Crippen LogP contribution is 2.17. The van der Waals surface area contributed by atoms with E-state index in [0.717, 1.165) is 69.2 Å². The number of hydrogen-bond acceptors (Lipinski definition) is 6. The average Bonchev–Trinajstić information content (AvgIpc) is 3.17. The molecule has 0 aliphatic carbocycles. The van der Waals surface area contributed by atoms with E-state index < -0.39 is 0 Å². The normalized spacial score (nSPS) is 16.5. The Morgan fingerprint density at radius 3 is 2.67 bits per heavy atom. The number of aromatic amines is 1. The molecule has 1 aromatic heterocycles. The van der Waals surface area contributed by atoms with E-state index in [4.69, 9.17) is 25.8 Å². The molecule has 1 aromatic carbocycles. The molecule has 1 N–H and O–H groups in total. The topological polar surface area (TPSA) is 72.0 Å². The van der Waals surface area contributed by atoms with E-state index >= 15 is 0 Å². The second kappa shape index (κ2) is 11.7. The molecule has 0 amide bonds. The molecule has 0 unspecified atom stereocenters. The van der Waals surface area contributed by atoms with Crippen molar-refractivity contribution >= 4 is 23.4 Å². The predicted molar refractivity (Wildman–Crippen MR) is 129 cm³/mol. The van der Waals surface area contributed by atoms with Crippen LogP contribution in [0.4, 0.5) is 0 Å². The Bertz CT molecular complexity index is 1070. The highest BCUT2D eigenvalue weighted by atomic mass is 35.5. The Morgan fingerprint density at radius 2 is 1.91 bits per heavy atom. The summed E-state index contributed by atoms with van der Waals surface area (Å²) >= 11 is 6.00. The number of H-pyrrole nitrogens is 1. The molecule has 9 heteroatoms. The maximum absolute atomic E-state index is 13.4. The van der Waals surface area contributed by atoms with Crippen LogP contribution in [0.5, 0.6) is 5.75 Å². The van der Waals surface area contributed by atoms with Crippen LogP contribution in [0.15, 0.2) is 29.1 Å². The first-order valence-corrected chi connectivity index (χ1v) is 12.1. The van der Waals surface area contributed by atoms with Gasteiger partial charge in [0.2, 0.25) is 0 Å². The van der Waals surface area contributed by atoms with Gasteiger partial charge in [-0.3, -0.25) is 19.5 Å². The van der Waals surface area contributed by atoms with Crippen LogP contribution in [0.25, 0.3) is 11.8 Å². The summed E-state index contributed by atoms with van der Waals surface area (Å²) < 4.78 is 18.7. The molecule has 2 aliphatic rings. The minimum absolute atomic E-state index is 0.00118. The molecule has 0 saturated carbocycles. The molecule has 4 rings (SSSR count). The maximum atomic E-state index is 13.4. The SMILES string of the molecule is CCOCCCN1CC=c2[nH]n(CCN3CCOCC3)c(=O)c2=C1COc1ccc(Cl)cc1. The first kappa shape index (κ1) is 23.9. The van der Waals surface area contributed by atoms with Crippen molar-refractivity contribution < 1.29 is 14.2 Å². The molecule has 8 nitrogen and oxygen atoms in total. The van der Waals surface area contributed by atoms with E-state index in [1.54, 1.807) is 16.8 Å². The number of morpholine rings is 1. The van der Waals surface area contributed by atoms with E-state index in [9.17, 15) is 4.79 Å². The van der Waals surface area contributed by atoms with Gasteiger partial charge < -0.3 is 19.1 Å². The molecule has 33 heavy (non-hydrogen) atoms. The van der Waals surface area contributed by atoms with Gasteiger partial charge in [0.05, 0.1) is 36.0 Å².